The lowest BCUT2D eigenvalue weighted by molar-refractivity contribution is -0.384. The third-order valence-corrected chi connectivity index (χ3v) is 2.16. The number of benzene rings is 1. The van der Waals surface area contributed by atoms with Crippen LogP contribution in [-0.2, 0) is 4.74 Å². The molecule has 0 spiro atoms. The molecule has 1 amide bonds. The molecule has 1 aliphatic rings. The Hall–Kier alpha value is -2.11. The first-order valence-corrected chi connectivity index (χ1v) is 4.34. The van der Waals surface area contributed by atoms with E-state index >= 15 is 0 Å². The van der Waals surface area contributed by atoms with Crippen LogP contribution >= 0.6 is 0 Å². The van der Waals surface area contributed by atoms with E-state index in [2.05, 4.69) is 5.32 Å². The summed E-state index contributed by atoms with van der Waals surface area (Å²) in [5, 5.41) is 13.1. The minimum absolute atomic E-state index is 0.00801. The Morgan fingerprint density at radius 3 is 2.93 bits per heavy atom. The van der Waals surface area contributed by atoms with Gasteiger partial charge < -0.3 is 10.1 Å². The average Bonchev–Trinajstić information content (AvgIpc) is 2.65. The fourth-order valence-corrected chi connectivity index (χ4v) is 1.42. The number of carbonyl (C=O) groups excluding carboxylic acids is 1. The minimum Gasteiger partial charge on any atom is -0.447 e. The molecular weight excluding hydrogens is 200 g/mol. The van der Waals surface area contributed by atoms with E-state index in [0.717, 1.165) is 0 Å². The Kier molecular flexibility index (Phi) is 2.24. The van der Waals surface area contributed by atoms with Crippen molar-refractivity contribution in [2.75, 3.05) is 6.61 Å². The molecule has 1 aromatic rings. The van der Waals surface area contributed by atoms with Gasteiger partial charge in [-0.15, -0.1) is 0 Å². The van der Waals surface area contributed by atoms with E-state index in [-0.39, 0.29) is 18.3 Å². The Morgan fingerprint density at radius 1 is 1.53 bits per heavy atom. The number of hydrogen-bond acceptors (Lipinski definition) is 4. The number of nitrogens with zero attached hydrogens (tertiary/aromatic N) is 1. The van der Waals surface area contributed by atoms with Crippen molar-refractivity contribution in [2.45, 2.75) is 6.04 Å². The molecule has 1 atom stereocenters. The molecule has 78 valence electrons. The van der Waals surface area contributed by atoms with E-state index in [4.69, 9.17) is 4.74 Å². The molecule has 1 aromatic carbocycles. The zero-order valence-electron chi connectivity index (χ0n) is 7.67. The molecule has 0 radical (unpaired) electrons. The van der Waals surface area contributed by atoms with Crippen LogP contribution in [0.3, 0.4) is 0 Å². The highest BCUT2D eigenvalue weighted by atomic mass is 16.6. The zero-order chi connectivity index (χ0) is 10.8. The minimum atomic E-state index is -0.494. The first-order chi connectivity index (χ1) is 7.16. The summed E-state index contributed by atoms with van der Waals surface area (Å²) in [4.78, 5) is 20.8. The number of nitro benzene ring substituents is 1. The number of carbonyl (C=O) groups is 1. The molecule has 1 saturated heterocycles. The van der Waals surface area contributed by atoms with Crippen molar-refractivity contribution in [1.29, 1.82) is 0 Å². The lowest BCUT2D eigenvalue weighted by atomic mass is 10.1. The van der Waals surface area contributed by atoms with Crippen molar-refractivity contribution in [2.24, 2.45) is 0 Å². The number of hydrogen-bond donors (Lipinski definition) is 1. The summed E-state index contributed by atoms with van der Waals surface area (Å²) in [5.74, 6) is 0. The van der Waals surface area contributed by atoms with E-state index in [1.165, 1.54) is 12.1 Å². The predicted octanol–water partition coefficient (Wildman–Crippen LogP) is 1.38. The van der Waals surface area contributed by atoms with Gasteiger partial charge in [-0.25, -0.2) is 4.79 Å². The normalized spacial score (nSPS) is 19.5. The van der Waals surface area contributed by atoms with Gasteiger partial charge in [0.1, 0.15) is 6.61 Å². The van der Waals surface area contributed by atoms with Crippen molar-refractivity contribution < 1.29 is 14.5 Å². The van der Waals surface area contributed by atoms with Gasteiger partial charge in [-0.1, -0.05) is 12.1 Å². The molecule has 15 heavy (non-hydrogen) atoms. The van der Waals surface area contributed by atoms with Crippen LogP contribution in [0, 0.1) is 10.1 Å². The maximum absolute atomic E-state index is 10.8. The number of alkyl carbamates (subject to hydrolysis) is 1. The molecule has 0 aliphatic carbocycles. The predicted molar refractivity (Wildman–Crippen MR) is 50.3 cm³/mol. The summed E-state index contributed by atoms with van der Waals surface area (Å²) in [7, 11) is 0. The van der Waals surface area contributed by atoms with E-state index in [1.54, 1.807) is 12.1 Å². The molecule has 6 nitrogen and oxygen atoms in total. The van der Waals surface area contributed by atoms with Crippen LogP contribution in [-0.4, -0.2) is 17.6 Å². The molecule has 1 N–H and O–H groups in total. The Labute approximate surface area is 85.0 Å². The van der Waals surface area contributed by atoms with E-state index in [9.17, 15) is 14.9 Å². The first kappa shape index (κ1) is 9.45. The number of non-ortho nitro benzene ring substituents is 1. The monoisotopic (exact) mass is 208 g/mol. The van der Waals surface area contributed by atoms with E-state index < -0.39 is 11.0 Å². The summed E-state index contributed by atoms with van der Waals surface area (Å²) in [5.41, 5.74) is 0.684. The Morgan fingerprint density at radius 2 is 2.33 bits per heavy atom. The highest BCUT2D eigenvalue weighted by Gasteiger charge is 2.24. The molecule has 2 rings (SSSR count). The summed E-state index contributed by atoms with van der Waals surface area (Å²) >= 11 is 0. The molecule has 0 bridgehead atoms. The van der Waals surface area contributed by atoms with Gasteiger partial charge in [0.2, 0.25) is 0 Å². The molecule has 0 saturated carbocycles. The van der Waals surface area contributed by atoms with Gasteiger partial charge in [-0.05, 0) is 5.56 Å². The Balaban J connectivity index is 2.25. The number of nitrogens with one attached hydrogen (secondary N) is 1. The fourth-order valence-electron chi connectivity index (χ4n) is 1.42. The second kappa shape index (κ2) is 3.56. The lowest BCUT2D eigenvalue weighted by Crippen LogP contribution is -2.18. The molecule has 1 fully saturated rings. The van der Waals surface area contributed by atoms with Gasteiger partial charge in [0.15, 0.2) is 0 Å². The molecule has 1 aliphatic heterocycles. The van der Waals surface area contributed by atoms with Crippen molar-refractivity contribution in [3.63, 3.8) is 0 Å². The molecule has 0 unspecified atom stereocenters. The van der Waals surface area contributed by atoms with Crippen LogP contribution in [0.2, 0.25) is 0 Å². The molecular formula is C9H8N2O4. The van der Waals surface area contributed by atoms with Crippen LogP contribution in [0.15, 0.2) is 24.3 Å². The Bertz CT molecular complexity index is 418. The van der Waals surface area contributed by atoms with Gasteiger partial charge in [0.25, 0.3) is 5.69 Å². The van der Waals surface area contributed by atoms with Crippen LogP contribution < -0.4 is 5.32 Å². The number of amides is 1. The average molecular weight is 208 g/mol. The highest BCUT2D eigenvalue weighted by Crippen LogP contribution is 2.22. The van der Waals surface area contributed by atoms with E-state index in [0.29, 0.717) is 5.56 Å². The topological polar surface area (TPSA) is 81.5 Å². The lowest BCUT2D eigenvalue weighted by Gasteiger charge is -2.06. The molecule has 1 heterocycles. The van der Waals surface area contributed by atoms with Crippen molar-refractivity contribution in [3.05, 3.63) is 39.9 Å². The third kappa shape index (κ3) is 1.88. The smallest absolute Gasteiger partial charge is 0.407 e. The first-order valence-electron chi connectivity index (χ1n) is 4.34. The van der Waals surface area contributed by atoms with Crippen molar-refractivity contribution >= 4 is 11.8 Å². The highest BCUT2D eigenvalue weighted by molar-refractivity contribution is 5.70. The number of nitro groups is 1. The van der Waals surface area contributed by atoms with Gasteiger partial charge in [-0.2, -0.15) is 0 Å². The van der Waals surface area contributed by atoms with Crippen molar-refractivity contribution in [3.8, 4) is 0 Å². The van der Waals surface area contributed by atoms with Gasteiger partial charge in [-0.3, -0.25) is 10.1 Å². The quantitative estimate of drug-likeness (QED) is 0.587. The molecule has 0 aromatic heterocycles. The number of rotatable bonds is 2. The maximum Gasteiger partial charge on any atom is 0.407 e. The third-order valence-electron chi connectivity index (χ3n) is 2.16. The summed E-state index contributed by atoms with van der Waals surface area (Å²) in [6.45, 7) is 0.208. The number of cyclic esters (lactones) is 1. The standard InChI is InChI=1S/C9H8N2O4/c12-9-10-8(5-15-9)6-2-1-3-7(4-6)11(13)14/h1-4,8H,5H2,(H,10,12)/t8-/m0/s1. The van der Waals surface area contributed by atoms with Crippen LogP contribution in [0.1, 0.15) is 11.6 Å². The second-order valence-electron chi connectivity index (χ2n) is 3.15. The molecule has 6 heteroatoms. The second-order valence-corrected chi connectivity index (χ2v) is 3.15. The van der Waals surface area contributed by atoms with Crippen LogP contribution in [0.25, 0.3) is 0 Å². The summed E-state index contributed by atoms with van der Waals surface area (Å²) in [6.07, 6.45) is -0.494. The van der Waals surface area contributed by atoms with Gasteiger partial charge in [0.05, 0.1) is 11.0 Å². The zero-order valence-corrected chi connectivity index (χ0v) is 7.67. The van der Waals surface area contributed by atoms with E-state index in [1.807, 2.05) is 0 Å². The van der Waals surface area contributed by atoms with Crippen molar-refractivity contribution in [1.82, 2.24) is 5.32 Å². The van der Waals surface area contributed by atoms with Gasteiger partial charge >= 0.3 is 6.09 Å². The largest absolute Gasteiger partial charge is 0.447 e. The summed E-state index contributed by atoms with van der Waals surface area (Å²) in [6, 6.07) is 5.84. The summed E-state index contributed by atoms with van der Waals surface area (Å²) < 4.78 is 4.70. The fraction of sp³-hybridized carbons (Fsp3) is 0.222. The number of ether oxygens (including phenoxy) is 1. The van der Waals surface area contributed by atoms with Crippen LogP contribution in [0.5, 0.6) is 0 Å². The SMILES string of the molecule is O=C1N[C@H](c2cccc([N+](=O)[O-])c2)CO1. The van der Waals surface area contributed by atoms with Gasteiger partial charge in [0, 0.05) is 12.1 Å². The maximum atomic E-state index is 10.8. The van der Waals surface area contributed by atoms with Crippen LogP contribution in [0.4, 0.5) is 10.5 Å².